The fourth-order valence-corrected chi connectivity index (χ4v) is 2.44. The normalized spacial score (nSPS) is 13.3. The van der Waals surface area contributed by atoms with E-state index in [1.807, 2.05) is 7.05 Å². The summed E-state index contributed by atoms with van der Waals surface area (Å²) >= 11 is 0. The molecule has 0 heterocycles. The van der Waals surface area contributed by atoms with Gasteiger partial charge in [-0.3, -0.25) is 4.99 Å². The van der Waals surface area contributed by atoms with Gasteiger partial charge in [0.05, 0.1) is 0 Å². The predicted molar refractivity (Wildman–Crippen MR) is 96.7 cm³/mol. The molecule has 22 heavy (non-hydrogen) atoms. The molecule has 1 atom stereocenters. The Morgan fingerprint density at radius 3 is 2.55 bits per heavy atom. The molecule has 0 bridgehead atoms. The molecule has 4 nitrogen and oxygen atoms in total. The number of aryl methyl sites for hydroxylation is 1. The summed E-state index contributed by atoms with van der Waals surface area (Å²) in [5, 5.41) is 6.80. The van der Waals surface area contributed by atoms with Crippen LogP contribution in [0.3, 0.4) is 0 Å². The number of nitrogens with zero attached hydrogens (tertiary/aromatic N) is 2. The highest BCUT2D eigenvalue weighted by Gasteiger charge is 2.07. The number of guanidine groups is 1. The summed E-state index contributed by atoms with van der Waals surface area (Å²) in [6.45, 7) is 13.8. The van der Waals surface area contributed by atoms with Crippen molar-refractivity contribution >= 4 is 5.96 Å². The van der Waals surface area contributed by atoms with Gasteiger partial charge in [-0.15, -0.1) is 0 Å². The van der Waals surface area contributed by atoms with Gasteiger partial charge in [0.25, 0.3) is 0 Å². The molecular weight excluding hydrogens is 272 g/mol. The molecule has 0 fully saturated rings. The van der Waals surface area contributed by atoms with E-state index in [2.05, 4.69) is 72.5 Å². The molecule has 0 aliphatic carbocycles. The maximum atomic E-state index is 4.30. The number of aliphatic imine (C=N–C) groups is 1. The van der Waals surface area contributed by atoms with Gasteiger partial charge in [0.1, 0.15) is 0 Å². The summed E-state index contributed by atoms with van der Waals surface area (Å²) in [7, 11) is 1.82. The smallest absolute Gasteiger partial charge is 0.191 e. The summed E-state index contributed by atoms with van der Waals surface area (Å²) in [5.41, 5.74) is 2.68. The molecule has 1 unspecified atom stereocenters. The van der Waals surface area contributed by atoms with Crippen molar-refractivity contribution in [2.45, 2.75) is 33.6 Å². The van der Waals surface area contributed by atoms with Crippen molar-refractivity contribution in [3.63, 3.8) is 0 Å². The van der Waals surface area contributed by atoms with Crippen LogP contribution in [0.25, 0.3) is 0 Å². The van der Waals surface area contributed by atoms with Crippen LogP contribution in [0.4, 0.5) is 0 Å². The first-order chi connectivity index (χ1) is 10.6. The summed E-state index contributed by atoms with van der Waals surface area (Å²) in [4.78, 5) is 6.69. The minimum Gasteiger partial charge on any atom is -0.356 e. The van der Waals surface area contributed by atoms with Gasteiger partial charge < -0.3 is 15.5 Å². The van der Waals surface area contributed by atoms with Gasteiger partial charge in [-0.25, -0.2) is 0 Å². The lowest BCUT2D eigenvalue weighted by Crippen LogP contribution is -2.42. The van der Waals surface area contributed by atoms with Crippen LogP contribution in [-0.2, 0) is 0 Å². The van der Waals surface area contributed by atoms with Crippen molar-refractivity contribution < 1.29 is 0 Å². The van der Waals surface area contributed by atoms with Crippen LogP contribution in [0.15, 0.2) is 29.3 Å². The van der Waals surface area contributed by atoms with Gasteiger partial charge in [0, 0.05) is 26.7 Å². The molecule has 0 amide bonds. The first-order valence-electron chi connectivity index (χ1n) is 8.34. The molecule has 0 saturated carbocycles. The van der Waals surface area contributed by atoms with Crippen LogP contribution in [0.2, 0.25) is 0 Å². The SMILES string of the molecule is CCN(CC)CCNC(=NC)NCC(C)c1cccc(C)c1. The molecule has 0 radical (unpaired) electrons. The quantitative estimate of drug-likeness (QED) is 0.573. The van der Waals surface area contributed by atoms with Crippen LogP contribution in [-0.4, -0.2) is 50.6 Å². The summed E-state index contributed by atoms with van der Waals surface area (Å²) in [6.07, 6.45) is 0. The van der Waals surface area contributed by atoms with Crippen LogP contribution in [0.5, 0.6) is 0 Å². The Morgan fingerprint density at radius 1 is 1.23 bits per heavy atom. The molecule has 0 aliphatic rings. The minimum absolute atomic E-state index is 0.459. The monoisotopic (exact) mass is 304 g/mol. The molecule has 4 heteroatoms. The van der Waals surface area contributed by atoms with E-state index in [0.717, 1.165) is 38.7 Å². The van der Waals surface area contributed by atoms with E-state index in [0.29, 0.717) is 5.92 Å². The van der Waals surface area contributed by atoms with E-state index in [-0.39, 0.29) is 0 Å². The molecule has 1 aromatic carbocycles. The fourth-order valence-electron chi connectivity index (χ4n) is 2.44. The third kappa shape index (κ3) is 6.48. The number of nitrogens with one attached hydrogen (secondary N) is 2. The standard InChI is InChI=1S/C18H32N4/c1-6-22(7-2)12-11-20-18(19-5)21-14-16(4)17-10-8-9-15(3)13-17/h8-10,13,16H,6-7,11-12,14H2,1-5H3,(H2,19,20,21). The topological polar surface area (TPSA) is 39.7 Å². The zero-order valence-corrected chi connectivity index (χ0v) is 14.8. The molecular formula is C18H32N4. The molecule has 1 rings (SSSR count). The molecule has 0 aliphatic heterocycles. The van der Waals surface area contributed by atoms with Crippen LogP contribution in [0, 0.1) is 6.92 Å². The van der Waals surface area contributed by atoms with Gasteiger partial charge in [0.2, 0.25) is 0 Å². The van der Waals surface area contributed by atoms with E-state index in [9.17, 15) is 0 Å². The first-order valence-corrected chi connectivity index (χ1v) is 8.34. The number of likely N-dealkylation sites (N-methyl/N-ethyl adjacent to an activating group) is 1. The second-order valence-electron chi connectivity index (χ2n) is 5.72. The molecule has 0 aromatic heterocycles. The Kier molecular flexibility index (Phi) is 8.60. The highest BCUT2D eigenvalue weighted by Crippen LogP contribution is 2.15. The number of benzene rings is 1. The summed E-state index contributed by atoms with van der Waals surface area (Å²) in [6, 6.07) is 8.70. The molecule has 1 aromatic rings. The van der Waals surface area contributed by atoms with E-state index in [1.165, 1.54) is 11.1 Å². The van der Waals surface area contributed by atoms with Gasteiger partial charge in [-0.05, 0) is 31.5 Å². The third-order valence-corrected chi connectivity index (χ3v) is 4.03. The lowest BCUT2D eigenvalue weighted by molar-refractivity contribution is 0.308. The average molecular weight is 304 g/mol. The lowest BCUT2D eigenvalue weighted by Gasteiger charge is -2.20. The number of hydrogen-bond acceptors (Lipinski definition) is 2. The largest absolute Gasteiger partial charge is 0.356 e. The number of rotatable bonds is 8. The molecule has 0 saturated heterocycles. The Bertz CT molecular complexity index is 452. The van der Waals surface area contributed by atoms with Gasteiger partial charge in [0.15, 0.2) is 5.96 Å². The Labute approximate surface area is 136 Å². The van der Waals surface area contributed by atoms with Crippen molar-refractivity contribution in [2.24, 2.45) is 4.99 Å². The van der Waals surface area contributed by atoms with Gasteiger partial charge in [-0.1, -0.05) is 50.6 Å². The minimum atomic E-state index is 0.459. The van der Waals surface area contributed by atoms with Crippen LogP contribution < -0.4 is 10.6 Å². The van der Waals surface area contributed by atoms with Crippen molar-refractivity contribution in [3.05, 3.63) is 35.4 Å². The zero-order valence-electron chi connectivity index (χ0n) is 14.8. The van der Waals surface area contributed by atoms with Gasteiger partial charge >= 0.3 is 0 Å². The Hall–Kier alpha value is -1.55. The zero-order chi connectivity index (χ0) is 16.4. The molecule has 124 valence electrons. The third-order valence-electron chi connectivity index (χ3n) is 4.03. The van der Waals surface area contributed by atoms with Crippen molar-refractivity contribution in [1.82, 2.24) is 15.5 Å². The molecule has 2 N–H and O–H groups in total. The summed E-state index contributed by atoms with van der Waals surface area (Å²) < 4.78 is 0. The maximum Gasteiger partial charge on any atom is 0.191 e. The molecule has 0 spiro atoms. The van der Waals surface area contributed by atoms with Crippen molar-refractivity contribution in [2.75, 3.05) is 39.8 Å². The van der Waals surface area contributed by atoms with E-state index >= 15 is 0 Å². The van der Waals surface area contributed by atoms with Gasteiger partial charge in [-0.2, -0.15) is 0 Å². The lowest BCUT2D eigenvalue weighted by atomic mass is 9.99. The van der Waals surface area contributed by atoms with E-state index in [1.54, 1.807) is 0 Å². The predicted octanol–water partition coefficient (Wildman–Crippen LogP) is 2.61. The highest BCUT2D eigenvalue weighted by molar-refractivity contribution is 5.79. The first kappa shape index (κ1) is 18.5. The Balaban J connectivity index is 2.37. The summed E-state index contributed by atoms with van der Waals surface area (Å²) in [5.74, 6) is 1.34. The van der Waals surface area contributed by atoms with Crippen molar-refractivity contribution in [3.8, 4) is 0 Å². The highest BCUT2D eigenvalue weighted by atomic mass is 15.2. The second-order valence-corrected chi connectivity index (χ2v) is 5.72. The number of hydrogen-bond donors (Lipinski definition) is 2. The van der Waals surface area contributed by atoms with Crippen LogP contribution in [0.1, 0.15) is 37.8 Å². The van der Waals surface area contributed by atoms with Crippen LogP contribution >= 0.6 is 0 Å². The van der Waals surface area contributed by atoms with E-state index in [4.69, 9.17) is 0 Å². The van der Waals surface area contributed by atoms with Crippen molar-refractivity contribution in [1.29, 1.82) is 0 Å². The average Bonchev–Trinajstić information content (AvgIpc) is 2.54. The maximum absolute atomic E-state index is 4.30. The second kappa shape index (κ2) is 10.2. The van der Waals surface area contributed by atoms with E-state index < -0.39 is 0 Å². The Morgan fingerprint density at radius 2 is 1.95 bits per heavy atom. The fraction of sp³-hybridized carbons (Fsp3) is 0.611.